The first-order valence-corrected chi connectivity index (χ1v) is 9.55. The molecule has 0 saturated carbocycles. The van der Waals surface area contributed by atoms with Gasteiger partial charge in [-0.2, -0.15) is 4.37 Å². The zero-order chi connectivity index (χ0) is 20.4. The number of hydrogen-bond acceptors (Lipinski definition) is 7. The van der Waals surface area contributed by atoms with Gasteiger partial charge in [-0.05, 0) is 42.7 Å². The molecule has 0 fully saturated rings. The maximum absolute atomic E-state index is 13.0. The van der Waals surface area contributed by atoms with Crippen LogP contribution in [0.15, 0.2) is 53.6 Å². The van der Waals surface area contributed by atoms with Gasteiger partial charge in [0.2, 0.25) is 5.91 Å². The number of benzene rings is 1. The van der Waals surface area contributed by atoms with Crippen LogP contribution in [0.5, 0.6) is 5.75 Å². The Kier molecular flexibility index (Phi) is 5.05. The molecular weight excluding hydrogens is 390 g/mol. The molecule has 1 N–H and O–H groups in total. The number of amides is 1. The highest BCUT2D eigenvalue weighted by molar-refractivity contribution is 7.13. The lowest BCUT2D eigenvalue weighted by atomic mass is 10.2. The highest BCUT2D eigenvalue weighted by Gasteiger charge is 2.18. The third kappa shape index (κ3) is 3.72. The van der Waals surface area contributed by atoms with Gasteiger partial charge in [-0.3, -0.25) is 19.1 Å². The second-order valence-electron chi connectivity index (χ2n) is 6.28. The number of aryl methyl sites for hydroxylation is 1. The Labute approximate surface area is 170 Å². The monoisotopic (exact) mass is 407 g/mol. The van der Waals surface area contributed by atoms with E-state index in [0.29, 0.717) is 33.2 Å². The number of methoxy groups -OCH3 is 1. The van der Waals surface area contributed by atoms with Gasteiger partial charge in [-0.1, -0.05) is 6.07 Å². The number of rotatable bonds is 5. The molecule has 9 heteroatoms. The minimum Gasteiger partial charge on any atom is -0.497 e. The zero-order valence-corrected chi connectivity index (χ0v) is 16.6. The van der Waals surface area contributed by atoms with E-state index >= 15 is 0 Å². The fraction of sp³-hybridized carbons (Fsp3) is 0.150. The van der Waals surface area contributed by atoms with Gasteiger partial charge in [0.1, 0.15) is 34.0 Å². The van der Waals surface area contributed by atoms with Crippen LogP contribution in [0.1, 0.15) is 5.82 Å². The van der Waals surface area contributed by atoms with Crippen LogP contribution in [0.3, 0.4) is 0 Å². The summed E-state index contributed by atoms with van der Waals surface area (Å²) in [5.41, 5.74) is 2.32. The van der Waals surface area contributed by atoms with Crippen LogP contribution >= 0.6 is 11.5 Å². The van der Waals surface area contributed by atoms with Crippen molar-refractivity contribution in [3.63, 3.8) is 0 Å². The third-order valence-corrected chi connectivity index (χ3v) is 5.20. The number of nitrogens with one attached hydrogen (secondary N) is 1. The molecule has 0 radical (unpaired) electrons. The summed E-state index contributed by atoms with van der Waals surface area (Å²) in [6, 6.07) is 10.7. The molecule has 0 aliphatic carbocycles. The molecule has 0 atom stereocenters. The predicted octanol–water partition coefficient (Wildman–Crippen LogP) is 2.87. The highest BCUT2D eigenvalue weighted by atomic mass is 32.1. The topological polar surface area (TPSA) is 99.0 Å². The fourth-order valence-electron chi connectivity index (χ4n) is 2.95. The van der Waals surface area contributed by atoms with Gasteiger partial charge in [0, 0.05) is 29.7 Å². The second kappa shape index (κ2) is 7.80. The normalized spacial score (nSPS) is 10.8. The number of fused-ring (bicyclic) bond motifs is 1. The lowest BCUT2D eigenvalue weighted by Crippen LogP contribution is -2.29. The van der Waals surface area contributed by atoms with Crippen LogP contribution in [0.25, 0.3) is 21.5 Å². The van der Waals surface area contributed by atoms with Crippen molar-refractivity contribution in [2.45, 2.75) is 13.5 Å². The van der Waals surface area contributed by atoms with Crippen molar-refractivity contribution in [3.05, 3.63) is 65.0 Å². The van der Waals surface area contributed by atoms with Crippen LogP contribution in [0.2, 0.25) is 0 Å². The van der Waals surface area contributed by atoms with E-state index in [0.717, 1.165) is 17.1 Å². The molecule has 146 valence electrons. The van der Waals surface area contributed by atoms with E-state index in [4.69, 9.17) is 4.74 Å². The quantitative estimate of drug-likeness (QED) is 0.546. The summed E-state index contributed by atoms with van der Waals surface area (Å²) >= 11 is 1.08. The first-order chi connectivity index (χ1) is 14.1. The molecule has 0 unspecified atom stereocenters. The number of hydrogen-bond donors (Lipinski definition) is 1. The molecule has 0 bridgehead atoms. The first-order valence-electron chi connectivity index (χ1n) is 8.78. The minimum atomic E-state index is -0.330. The van der Waals surface area contributed by atoms with E-state index in [1.165, 1.54) is 4.57 Å². The molecule has 29 heavy (non-hydrogen) atoms. The van der Waals surface area contributed by atoms with Gasteiger partial charge in [0.25, 0.3) is 5.56 Å². The Morgan fingerprint density at radius 3 is 2.79 bits per heavy atom. The molecular formula is C20H17N5O3S. The highest BCUT2D eigenvalue weighted by Crippen LogP contribution is 2.27. The summed E-state index contributed by atoms with van der Waals surface area (Å²) in [7, 11) is 1.56. The maximum atomic E-state index is 13.0. The number of carbonyl (C=O) groups excluding carboxylic acids is 1. The van der Waals surface area contributed by atoms with Crippen molar-refractivity contribution in [2.75, 3.05) is 12.4 Å². The maximum Gasteiger partial charge on any atom is 0.273 e. The molecule has 3 heterocycles. The van der Waals surface area contributed by atoms with E-state index in [9.17, 15) is 9.59 Å². The Morgan fingerprint density at radius 1 is 1.24 bits per heavy atom. The number of anilines is 1. The Hall–Kier alpha value is -3.59. The van der Waals surface area contributed by atoms with Crippen LogP contribution in [-0.2, 0) is 11.3 Å². The van der Waals surface area contributed by atoms with E-state index < -0.39 is 0 Å². The van der Waals surface area contributed by atoms with Crippen molar-refractivity contribution < 1.29 is 9.53 Å². The molecule has 0 saturated heterocycles. The van der Waals surface area contributed by atoms with E-state index in [1.807, 2.05) is 12.1 Å². The molecule has 4 rings (SSSR count). The number of aromatic nitrogens is 4. The van der Waals surface area contributed by atoms with Gasteiger partial charge in [0.15, 0.2) is 0 Å². The predicted molar refractivity (Wildman–Crippen MR) is 111 cm³/mol. The minimum absolute atomic E-state index is 0.146. The third-order valence-electron chi connectivity index (χ3n) is 4.38. The SMILES string of the molecule is COc1cccc(NC(=O)Cn2c(C)nc3c(-c4ccncc4)nsc3c2=O)c1. The average Bonchev–Trinajstić information content (AvgIpc) is 3.15. The summed E-state index contributed by atoms with van der Waals surface area (Å²) < 4.78 is 11.3. The Morgan fingerprint density at radius 2 is 2.03 bits per heavy atom. The Bertz CT molecular complexity index is 1250. The molecule has 1 aromatic carbocycles. The van der Waals surface area contributed by atoms with Crippen molar-refractivity contribution >= 4 is 33.3 Å². The van der Waals surface area contributed by atoms with Gasteiger partial charge < -0.3 is 10.1 Å². The number of carbonyl (C=O) groups is 1. The fourth-order valence-corrected chi connectivity index (χ4v) is 3.74. The van der Waals surface area contributed by atoms with E-state index in [2.05, 4.69) is 19.7 Å². The first kappa shape index (κ1) is 18.8. The number of nitrogens with zero attached hydrogens (tertiary/aromatic N) is 4. The van der Waals surface area contributed by atoms with Gasteiger partial charge >= 0.3 is 0 Å². The molecule has 4 aromatic rings. The molecule has 0 aliphatic heterocycles. The van der Waals surface area contributed by atoms with Crippen molar-refractivity contribution in [3.8, 4) is 17.0 Å². The standard InChI is InChI=1S/C20H17N5O3S/c1-12-22-18-17(13-6-8-21-9-7-13)24-29-19(18)20(27)25(12)11-16(26)23-14-4-3-5-15(10-14)28-2/h3-10H,11H2,1-2H3,(H,23,26). The van der Waals surface area contributed by atoms with Crippen LogP contribution < -0.4 is 15.6 Å². The Balaban J connectivity index is 1.64. The molecule has 0 spiro atoms. The largest absolute Gasteiger partial charge is 0.497 e. The van der Waals surface area contributed by atoms with Crippen LogP contribution in [0, 0.1) is 6.92 Å². The van der Waals surface area contributed by atoms with Crippen molar-refractivity contribution in [2.24, 2.45) is 0 Å². The smallest absolute Gasteiger partial charge is 0.273 e. The zero-order valence-electron chi connectivity index (χ0n) is 15.7. The summed E-state index contributed by atoms with van der Waals surface area (Å²) in [4.78, 5) is 34.0. The lowest BCUT2D eigenvalue weighted by Gasteiger charge is -2.11. The summed E-state index contributed by atoms with van der Waals surface area (Å²) in [5.74, 6) is 0.745. The molecule has 8 nitrogen and oxygen atoms in total. The number of ether oxygens (including phenoxy) is 1. The van der Waals surface area contributed by atoms with Crippen molar-refractivity contribution in [1.29, 1.82) is 0 Å². The number of pyridine rings is 1. The molecule has 3 aromatic heterocycles. The van der Waals surface area contributed by atoms with E-state index in [-0.39, 0.29) is 18.0 Å². The van der Waals surface area contributed by atoms with Crippen LogP contribution in [0.4, 0.5) is 5.69 Å². The van der Waals surface area contributed by atoms with Gasteiger partial charge in [-0.25, -0.2) is 4.98 Å². The summed E-state index contributed by atoms with van der Waals surface area (Å²) in [6.07, 6.45) is 3.33. The molecule has 0 aliphatic rings. The summed E-state index contributed by atoms with van der Waals surface area (Å²) in [6.45, 7) is 1.56. The second-order valence-corrected chi connectivity index (χ2v) is 7.05. The lowest BCUT2D eigenvalue weighted by molar-refractivity contribution is -0.116. The van der Waals surface area contributed by atoms with Gasteiger partial charge in [0.05, 0.1) is 7.11 Å². The summed E-state index contributed by atoms with van der Waals surface area (Å²) in [5, 5.41) is 2.77. The average molecular weight is 407 g/mol. The van der Waals surface area contributed by atoms with E-state index in [1.54, 1.807) is 50.7 Å². The van der Waals surface area contributed by atoms with Crippen molar-refractivity contribution in [1.82, 2.24) is 18.9 Å². The molecule has 1 amide bonds. The van der Waals surface area contributed by atoms with Gasteiger partial charge in [-0.15, -0.1) is 0 Å². The van der Waals surface area contributed by atoms with Crippen LogP contribution in [-0.4, -0.2) is 31.9 Å².